The number of fused-ring (bicyclic) bond motifs is 2. The van der Waals surface area contributed by atoms with E-state index < -0.39 is 0 Å². The Morgan fingerprint density at radius 2 is 1.94 bits per heavy atom. The van der Waals surface area contributed by atoms with E-state index >= 15 is 0 Å². The summed E-state index contributed by atoms with van der Waals surface area (Å²) >= 11 is 0. The van der Waals surface area contributed by atoms with E-state index in [1.54, 1.807) is 10.6 Å². The first kappa shape index (κ1) is 20.9. The zero-order valence-electron chi connectivity index (χ0n) is 19.2. The highest BCUT2D eigenvalue weighted by atomic mass is 16.5. The normalized spacial score (nSPS) is 23.7. The molecule has 2 aliphatic carbocycles. The second kappa shape index (κ2) is 7.68. The molecule has 0 radical (unpaired) electrons. The number of aromatic nitrogens is 4. The molecule has 1 spiro atoms. The molecule has 174 valence electrons. The number of hydrogen-bond acceptors (Lipinski definition) is 5. The van der Waals surface area contributed by atoms with Crippen LogP contribution in [0.5, 0.6) is 5.75 Å². The van der Waals surface area contributed by atoms with Crippen molar-refractivity contribution in [3.8, 4) is 5.75 Å². The number of ether oxygens (including phenoxy) is 1. The van der Waals surface area contributed by atoms with Gasteiger partial charge in [0, 0.05) is 29.6 Å². The van der Waals surface area contributed by atoms with Crippen LogP contribution in [-0.2, 0) is 0 Å². The lowest BCUT2D eigenvalue weighted by atomic mass is 9.49. The third-order valence-corrected chi connectivity index (χ3v) is 7.25. The van der Waals surface area contributed by atoms with Crippen molar-refractivity contribution < 1.29 is 9.53 Å². The van der Waals surface area contributed by atoms with Gasteiger partial charge >= 0.3 is 0 Å². The minimum atomic E-state index is -0.143. The number of imidazole rings is 1. The molecule has 8 heteroatoms. The largest absolute Gasteiger partial charge is 0.491 e. The van der Waals surface area contributed by atoms with Gasteiger partial charge in [0.25, 0.3) is 11.5 Å². The van der Waals surface area contributed by atoms with Crippen LogP contribution >= 0.6 is 0 Å². The average molecular weight is 458 g/mol. The molecule has 3 aromatic heterocycles. The Morgan fingerprint density at radius 1 is 1.18 bits per heavy atom. The average Bonchev–Trinajstić information content (AvgIpc) is 3.18. The lowest BCUT2D eigenvalue weighted by Gasteiger charge is -2.57. The molecule has 34 heavy (non-hydrogen) atoms. The molecule has 0 saturated heterocycles. The predicted octanol–water partition coefficient (Wildman–Crippen LogP) is 3.81. The quantitative estimate of drug-likeness (QED) is 0.475. The van der Waals surface area contributed by atoms with Crippen LogP contribution in [0, 0.1) is 5.41 Å². The van der Waals surface area contributed by atoms with Crippen LogP contribution in [0.25, 0.3) is 16.4 Å². The molecule has 2 fully saturated rings. The molecule has 0 unspecified atom stereocenters. The Balaban J connectivity index is 1.09. The van der Waals surface area contributed by atoms with Crippen LogP contribution in [-0.4, -0.2) is 37.6 Å². The lowest BCUT2D eigenvalue weighted by molar-refractivity contribution is -0.0197. The van der Waals surface area contributed by atoms with Crippen LogP contribution in [0.3, 0.4) is 0 Å². The number of carbonyl (C=O) groups is 1. The molecule has 0 aliphatic heterocycles. The summed E-state index contributed by atoms with van der Waals surface area (Å²) in [5.74, 6) is 0.985. The standard InChI is InChI=1S/C26H27N5O3/c1-15(2)34-18-7-8-31-21(14-27-22(31)9-18)25(33)28-17-12-26(13-17)10-16(11-26)23-19-5-3-4-6-20(19)24(32)30-29-23/h3-9,14-17H,10-13H2,1-2H3,(H,28,33)(H,30,32). The number of aromatic amines is 1. The van der Waals surface area contributed by atoms with E-state index in [9.17, 15) is 9.59 Å². The number of H-pyrrole nitrogens is 1. The van der Waals surface area contributed by atoms with Gasteiger partial charge in [-0.1, -0.05) is 18.2 Å². The maximum Gasteiger partial charge on any atom is 0.272 e. The summed E-state index contributed by atoms with van der Waals surface area (Å²) in [6.45, 7) is 3.95. The van der Waals surface area contributed by atoms with Crippen molar-refractivity contribution in [3.05, 3.63) is 70.5 Å². The van der Waals surface area contributed by atoms with Gasteiger partial charge in [-0.25, -0.2) is 10.1 Å². The van der Waals surface area contributed by atoms with Gasteiger partial charge < -0.3 is 10.1 Å². The van der Waals surface area contributed by atoms with Gasteiger partial charge in [0.05, 0.1) is 23.4 Å². The van der Waals surface area contributed by atoms with Crippen molar-refractivity contribution in [2.45, 2.75) is 57.6 Å². The fourth-order valence-electron chi connectivity index (χ4n) is 5.78. The van der Waals surface area contributed by atoms with Crippen molar-refractivity contribution in [1.29, 1.82) is 0 Å². The molecule has 6 rings (SSSR count). The predicted molar refractivity (Wildman–Crippen MR) is 128 cm³/mol. The van der Waals surface area contributed by atoms with Gasteiger partial charge in [-0.15, -0.1) is 0 Å². The molecule has 4 aromatic rings. The van der Waals surface area contributed by atoms with E-state index in [-0.39, 0.29) is 29.0 Å². The van der Waals surface area contributed by atoms with Crippen LogP contribution in [0.15, 0.2) is 53.6 Å². The van der Waals surface area contributed by atoms with Crippen LogP contribution in [0.4, 0.5) is 0 Å². The molecule has 1 amide bonds. The number of carbonyl (C=O) groups excluding carboxylic acids is 1. The Kier molecular flexibility index (Phi) is 4.72. The minimum absolute atomic E-state index is 0.0795. The number of benzene rings is 1. The Morgan fingerprint density at radius 3 is 2.71 bits per heavy atom. The highest BCUT2D eigenvalue weighted by Gasteiger charge is 2.54. The Labute approximate surface area is 196 Å². The van der Waals surface area contributed by atoms with Crippen LogP contribution in [0.2, 0.25) is 0 Å². The smallest absolute Gasteiger partial charge is 0.272 e. The number of amides is 1. The van der Waals surface area contributed by atoms with E-state index in [0.717, 1.165) is 42.5 Å². The summed E-state index contributed by atoms with van der Waals surface area (Å²) < 4.78 is 7.51. The van der Waals surface area contributed by atoms with Crippen molar-refractivity contribution in [3.63, 3.8) is 0 Å². The number of hydrogen-bond donors (Lipinski definition) is 2. The fourth-order valence-corrected chi connectivity index (χ4v) is 5.78. The summed E-state index contributed by atoms with van der Waals surface area (Å²) in [4.78, 5) is 29.4. The molecule has 8 nitrogen and oxygen atoms in total. The van der Waals surface area contributed by atoms with Crippen molar-refractivity contribution in [1.82, 2.24) is 24.9 Å². The lowest BCUT2D eigenvalue weighted by Crippen LogP contribution is -2.55. The van der Waals surface area contributed by atoms with Gasteiger partial charge in [-0.2, -0.15) is 5.10 Å². The Hall–Kier alpha value is -3.68. The topological polar surface area (TPSA) is 101 Å². The van der Waals surface area contributed by atoms with Gasteiger partial charge in [0.1, 0.15) is 17.1 Å². The molecular weight excluding hydrogens is 430 g/mol. The molecule has 2 N–H and O–H groups in total. The Bertz CT molecular complexity index is 1460. The number of pyridine rings is 1. The molecule has 3 heterocycles. The van der Waals surface area contributed by atoms with Crippen LogP contribution < -0.4 is 15.6 Å². The van der Waals surface area contributed by atoms with E-state index in [4.69, 9.17) is 4.74 Å². The molecule has 2 aliphatic rings. The summed E-state index contributed by atoms with van der Waals surface area (Å²) in [7, 11) is 0. The number of rotatable bonds is 5. The van der Waals surface area contributed by atoms with Gasteiger partial charge in [-0.3, -0.25) is 14.0 Å². The van der Waals surface area contributed by atoms with E-state index in [1.165, 1.54) is 0 Å². The third-order valence-electron chi connectivity index (χ3n) is 7.25. The summed E-state index contributed by atoms with van der Waals surface area (Å²) in [6, 6.07) is 11.5. The summed E-state index contributed by atoms with van der Waals surface area (Å²) in [5.41, 5.74) is 2.33. The maximum absolute atomic E-state index is 12.9. The van der Waals surface area contributed by atoms with Gasteiger partial charge in [0.15, 0.2) is 0 Å². The highest BCUT2D eigenvalue weighted by Crippen LogP contribution is 2.62. The first-order valence-electron chi connectivity index (χ1n) is 11.8. The van der Waals surface area contributed by atoms with Crippen molar-refractivity contribution in [2.75, 3.05) is 0 Å². The molecule has 1 aromatic carbocycles. The SMILES string of the molecule is CC(C)Oc1ccn2c(C(=O)NC3CC4(C3)CC(c3n[nH]c(=O)c5ccccc35)C4)cnc2c1. The van der Waals surface area contributed by atoms with Gasteiger partial charge in [0.2, 0.25) is 0 Å². The first-order valence-corrected chi connectivity index (χ1v) is 11.8. The van der Waals surface area contributed by atoms with Crippen molar-refractivity contribution >= 4 is 22.3 Å². The van der Waals surface area contributed by atoms with E-state index in [2.05, 4.69) is 20.5 Å². The summed E-state index contributed by atoms with van der Waals surface area (Å²) in [6.07, 6.45) is 7.54. The van der Waals surface area contributed by atoms with Gasteiger partial charge in [-0.05, 0) is 57.1 Å². The van der Waals surface area contributed by atoms with E-state index in [0.29, 0.717) is 22.6 Å². The molecule has 2 saturated carbocycles. The fraction of sp³-hybridized carbons (Fsp3) is 0.385. The minimum Gasteiger partial charge on any atom is -0.491 e. The monoisotopic (exact) mass is 457 g/mol. The maximum atomic E-state index is 12.9. The van der Waals surface area contributed by atoms with E-state index in [1.807, 2.05) is 56.4 Å². The highest BCUT2D eigenvalue weighted by molar-refractivity contribution is 5.93. The third kappa shape index (κ3) is 3.45. The molecular formula is C26H27N5O3. The van der Waals surface area contributed by atoms with Crippen LogP contribution in [0.1, 0.15) is 61.6 Å². The first-order chi connectivity index (χ1) is 16.4. The second-order valence-corrected chi connectivity index (χ2v) is 10.1. The van der Waals surface area contributed by atoms with Crippen molar-refractivity contribution in [2.24, 2.45) is 5.41 Å². The molecule has 0 atom stereocenters. The zero-order chi connectivity index (χ0) is 23.4. The number of nitrogens with one attached hydrogen (secondary N) is 2. The summed E-state index contributed by atoms with van der Waals surface area (Å²) in [5, 5.41) is 11.9. The number of nitrogens with zero attached hydrogens (tertiary/aromatic N) is 3. The molecule has 0 bridgehead atoms. The zero-order valence-corrected chi connectivity index (χ0v) is 19.2. The second-order valence-electron chi connectivity index (χ2n) is 10.1.